The highest BCUT2D eigenvalue weighted by Gasteiger charge is 2.38. The maximum atomic E-state index is 12.8. The van der Waals surface area contributed by atoms with Crippen molar-refractivity contribution < 1.29 is 26.4 Å². The second kappa shape index (κ2) is 5.04. The molecule has 9 heteroatoms. The van der Waals surface area contributed by atoms with Gasteiger partial charge < -0.3 is 4.90 Å². The molecule has 110 valence electrons. The molecule has 0 N–H and O–H groups in total. The van der Waals surface area contributed by atoms with Gasteiger partial charge in [0.15, 0.2) is 15.5 Å². The SMILES string of the molecule is O=C(c1cccnc1C(F)(F)F)N1CCS(=O)(=O)CC1. The van der Waals surface area contributed by atoms with E-state index in [1.165, 1.54) is 6.07 Å². The lowest BCUT2D eigenvalue weighted by Gasteiger charge is -2.27. The summed E-state index contributed by atoms with van der Waals surface area (Å²) in [6, 6.07) is 2.28. The standard InChI is InChI=1S/C11H11F3N2O3S/c12-11(13,14)9-8(2-1-3-15-9)10(17)16-4-6-20(18,19)7-5-16/h1-3H,4-7H2. The number of carbonyl (C=O) groups is 1. The van der Waals surface area contributed by atoms with Crippen molar-refractivity contribution in [3.63, 3.8) is 0 Å². The molecule has 0 bridgehead atoms. The minimum Gasteiger partial charge on any atom is -0.337 e. The number of hydrogen-bond acceptors (Lipinski definition) is 4. The van der Waals surface area contributed by atoms with E-state index in [-0.39, 0.29) is 24.6 Å². The predicted molar refractivity (Wildman–Crippen MR) is 63.8 cm³/mol. The second-order valence-corrected chi connectivity index (χ2v) is 6.64. The van der Waals surface area contributed by atoms with Gasteiger partial charge in [-0.25, -0.2) is 8.42 Å². The van der Waals surface area contributed by atoms with Crippen LogP contribution in [-0.4, -0.2) is 48.8 Å². The summed E-state index contributed by atoms with van der Waals surface area (Å²) in [5.41, 5.74) is -1.81. The van der Waals surface area contributed by atoms with Gasteiger partial charge in [-0.2, -0.15) is 13.2 Å². The molecule has 0 unspecified atom stereocenters. The van der Waals surface area contributed by atoms with Crippen LogP contribution in [0.5, 0.6) is 0 Å². The minimum atomic E-state index is -4.73. The van der Waals surface area contributed by atoms with Crippen molar-refractivity contribution in [3.8, 4) is 0 Å². The fourth-order valence-electron chi connectivity index (χ4n) is 1.89. The first-order valence-corrected chi connectivity index (χ1v) is 7.55. The summed E-state index contributed by atoms with van der Waals surface area (Å²) in [6.45, 7) is -0.208. The average Bonchev–Trinajstić information content (AvgIpc) is 2.37. The molecule has 1 fully saturated rings. The summed E-state index contributed by atoms with van der Waals surface area (Å²) in [4.78, 5) is 16.4. The average molecular weight is 308 g/mol. The van der Waals surface area contributed by atoms with Gasteiger partial charge in [-0.05, 0) is 12.1 Å². The van der Waals surface area contributed by atoms with E-state index < -0.39 is 33.2 Å². The summed E-state index contributed by atoms with van der Waals surface area (Å²) in [5.74, 6) is -1.32. The molecular formula is C11H11F3N2O3S. The molecule has 0 atom stereocenters. The van der Waals surface area contributed by atoms with E-state index in [2.05, 4.69) is 4.98 Å². The zero-order valence-corrected chi connectivity index (χ0v) is 11.0. The molecule has 0 aromatic carbocycles. The Morgan fingerprint density at radius 1 is 1.25 bits per heavy atom. The van der Waals surface area contributed by atoms with E-state index in [1.807, 2.05) is 0 Å². The molecule has 1 aliphatic heterocycles. The van der Waals surface area contributed by atoms with Crippen molar-refractivity contribution in [2.24, 2.45) is 0 Å². The fourth-order valence-corrected chi connectivity index (χ4v) is 3.09. The molecule has 1 aromatic rings. The van der Waals surface area contributed by atoms with Gasteiger partial charge in [0.05, 0.1) is 17.1 Å². The van der Waals surface area contributed by atoms with Crippen LogP contribution in [-0.2, 0) is 16.0 Å². The number of pyridine rings is 1. The number of alkyl halides is 3. The van der Waals surface area contributed by atoms with Crippen LogP contribution in [0.25, 0.3) is 0 Å². The van der Waals surface area contributed by atoms with E-state index in [0.29, 0.717) is 0 Å². The van der Waals surface area contributed by atoms with Crippen molar-refractivity contribution in [3.05, 3.63) is 29.6 Å². The third-order valence-electron chi connectivity index (χ3n) is 2.94. The van der Waals surface area contributed by atoms with Crippen molar-refractivity contribution >= 4 is 15.7 Å². The molecule has 2 heterocycles. The highest BCUT2D eigenvalue weighted by Crippen LogP contribution is 2.30. The zero-order chi connectivity index (χ0) is 15.0. The molecule has 1 aromatic heterocycles. The molecule has 0 saturated carbocycles. The number of amides is 1. The van der Waals surface area contributed by atoms with Crippen molar-refractivity contribution in [2.45, 2.75) is 6.18 Å². The molecule has 0 radical (unpaired) electrons. The van der Waals surface area contributed by atoms with Crippen LogP contribution in [0.2, 0.25) is 0 Å². The smallest absolute Gasteiger partial charge is 0.337 e. The Bertz CT molecular complexity index is 614. The number of hydrogen-bond donors (Lipinski definition) is 0. The Morgan fingerprint density at radius 2 is 1.85 bits per heavy atom. The Morgan fingerprint density at radius 3 is 2.40 bits per heavy atom. The highest BCUT2D eigenvalue weighted by atomic mass is 32.2. The largest absolute Gasteiger partial charge is 0.434 e. The molecule has 0 spiro atoms. The fraction of sp³-hybridized carbons (Fsp3) is 0.455. The van der Waals surface area contributed by atoms with Gasteiger partial charge in [0.1, 0.15) is 0 Å². The zero-order valence-electron chi connectivity index (χ0n) is 10.2. The first-order chi connectivity index (χ1) is 9.21. The normalized spacial score (nSPS) is 18.9. The van der Waals surface area contributed by atoms with Gasteiger partial charge >= 0.3 is 6.18 Å². The summed E-state index contributed by atoms with van der Waals surface area (Å²) in [6.07, 6.45) is -3.77. The van der Waals surface area contributed by atoms with Gasteiger partial charge in [-0.3, -0.25) is 9.78 Å². The predicted octanol–water partition coefficient (Wildman–Crippen LogP) is 0.971. The number of aromatic nitrogens is 1. The van der Waals surface area contributed by atoms with Gasteiger partial charge in [-0.15, -0.1) is 0 Å². The molecule has 1 amide bonds. The molecule has 2 rings (SSSR count). The Hall–Kier alpha value is -1.64. The van der Waals surface area contributed by atoms with E-state index in [0.717, 1.165) is 17.2 Å². The lowest BCUT2D eigenvalue weighted by molar-refractivity contribution is -0.141. The third kappa shape index (κ3) is 3.09. The topological polar surface area (TPSA) is 67.3 Å². The summed E-state index contributed by atoms with van der Waals surface area (Å²) < 4.78 is 60.8. The van der Waals surface area contributed by atoms with Crippen LogP contribution in [0, 0.1) is 0 Å². The molecule has 20 heavy (non-hydrogen) atoms. The Balaban J connectivity index is 2.27. The van der Waals surface area contributed by atoms with Gasteiger partial charge in [-0.1, -0.05) is 0 Å². The maximum absolute atomic E-state index is 12.8. The summed E-state index contributed by atoms with van der Waals surface area (Å²) in [5, 5.41) is 0. The number of carbonyl (C=O) groups excluding carboxylic acids is 1. The summed E-state index contributed by atoms with van der Waals surface area (Å²) >= 11 is 0. The Labute approximate surface area is 113 Å². The number of rotatable bonds is 1. The van der Waals surface area contributed by atoms with Crippen LogP contribution >= 0.6 is 0 Å². The molecule has 0 aliphatic carbocycles. The van der Waals surface area contributed by atoms with E-state index in [1.54, 1.807) is 0 Å². The second-order valence-electron chi connectivity index (χ2n) is 4.34. The quantitative estimate of drug-likeness (QED) is 0.775. The van der Waals surface area contributed by atoms with Gasteiger partial charge in [0.25, 0.3) is 5.91 Å². The maximum Gasteiger partial charge on any atom is 0.434 e. The van der Waals surface area contributed by atoms with Gasteiger partial charge in [0.2, 0.25) is 0 Å². The third-order valence-corrected chi connectivity index (χ3v) is 4.55. The number of halogens is 3. The van der Waals surface area contributed by atoms with E-state index in [9.17, 15) is 26.4 Å². The van der Waals surface area contributed by atoms with Crippen molar-refractivity contribution in [1.29, 1.82) is 0 Å². The van der Waals surface area contributed by atoms with Crippen LogP contribution in [0.15, 0.2) is 18.3 Å². The van der Waals surface area contributed by atoms with Crippen molar-refractivity contribution in [1.82, 2.24) is 9.88 Å². The molecule has 1 saturated heterocycles. The van der Waals surface area contributed by atoms with Crippen LogP contribution in [0.4, 0.5) is 13.2 Å². The first kappa shape index (κ1) is 14.8. The number of nitrogens with zero attached hydrogens (tertiary/aromatic N) is 2. The molecule has 1 aliphatic rings. The van der Waals surface area contributed by atoms with Crippen LogP contribution in [0.3, 0.4) is 0 Å². The molecule has 5 nitrogen and oxygen atoms in total. The van der Waals surface area contributed by atoms with E-state index in [4.69, 9.17) is 0 Å². The summed E-state index contributed by atoms with van der Waals surface area (Å²) in [7, 11) is -3.20. The first-order valence-electron chi connectivity index (χ1n) is 5.72. The van der Waals surface area contributed by atoms with E-state index >= 15 is 0 Å². The number of sulfone groups is 1. The monoisotopic (exact) mass is 308 g/mol. The molecular weight excluding hydrogens is 297 g/mol. The lowest BCUT2D eigenvalue weighted by Crippen LogP contribution is -2.44. The van der Waals surface area contributed by atoms with Crippen molar-refractivity contribution in [2.75, 3.05) is 24.6 Å². The van der Waals surface area contributed by atoms with Crippen LogP contribution < -0.4 is 0 Å². The lowest BCUT2D eigenvalue weighted by atomic mass is 10.1. The Kier molecular flexibility index (Phi) is 3.72. The van der Waals surface area contributed by atoms with Gasteiger partial charge in [0, 0.05) is 19.3 Å². The van der Waals surface area contributed by atoms with Crippen LogP contribution in [0.1, 0.15) is 16.1 Å². The highest BCUT2D eigenvalue weighted by molar-refractivity contribution is 7.91. The minimum absolute atomic E-state index is 0.104.